The van der Waals surface area contributed by atoms with Gasteiger partial charge in [0.1, 0.15) is 17.3 Å². The largest absolute Gasteiger partial charge is 0.507 e. The fourth-order valence-corrected chi connectivity index (χ4v) is 5.37. The number of hydrogen-bond acceptors (Lipinski definition) is 6. The fraction of sp³-hybridized carbons (Fsp3) is 0.560. The summed E-state index contributed by atoms with van der Waals surface area (Å²) in [5, 5.41) is 31.6. The van der Waals surface area contributed by atoms with Gasteiger partial charge in [0.15, 0.2) is 11.6 Å². The summed E-state index contributed by atoms with van der Waals surface area (Å²) in [7, 11) is 0. The van der Waals surface area contributed by atoms with Gasteiger partial charge in [0.25, 0.3) is 0 Å². The SMILES string of the molecule is CCCc1cc(CC)c(O)c2c1CC1CC(CCO)C(C(=O)CC(C)=O)C(=O)C1=C2O.O.[HH].[HH]. The fourth-order valence-electron chi connectivity index (χ4n) is 5.37. The number of benzene rings is 1. The summed E-state index contributed by atoms with van der Waals surface area (Å²) in [5.74, 6) is -3.17. The number of allylic oxidation sites excluding steroid dienone is 1. The van der Waals surface area contributed by atoms with Gasteiger partial charge in [-0.1, -0.05) is 26.3 Å². The summed E-state index contributed by atoms with van der Waals surface area (Å²) in [6, 6.07) is 1.99. The summed E-state index contributed by atoms with van der Waals surface area (Å²) < 4.78 is 0. The van der Waals surface area contributed by atoms with Gasteiger partial charge in [-0.15, -0.1) is 0 Å². The molecule has 0 amide bonds. The van der Waals surface area contributed by atoms with Gasteiger partial charge in [-0.05, 0) is 67.6 Å². The average Bonchev–Trinajstić information content (AvgIpc) is 2.69. The van der Waals surface area contributed by atoms with Gasteiger partial charge in [0.2, 0.25) is 0 Å². The van der Waals surface area contributed by atoms with Crippen LogP contribution < -0.4 is 0 Å². The van der Waals surface area contributed by atoms with E-state index in [-0.39, 0.29) is 56.1 Å². The van der Waals surface area contributed by atoms with Crippen LogP contribution in [0.2, 0.25) is 0 Å². The van der Waals surface area contributed by atoms with Crippen molar-refractivity contribution in [2.75, 3.05) is 6.61 Å². The zero-order valence-corrected chi connectivity index (χ0v) is 19.0. The van der Waals surface area contributed by atoms with Gasteiger partial charge in [-0.25, -0.2) is 0 Å². The van der Waals surface area contributed by atoms with Crippen molar-refractivity contribution in [3.63, 3.8) is 0 Å². The van der Waals surface area contributed by atoms with E-state index in [2.05, 4.69) is 6.92 Å². The molecule has 0 bridgehead atoms. The molecule has 3 rings (SSSR count). The topological polar surface area (TPSA) is 143 Å². The lowest BCUT2D eigenvalue weighted by Crippen LogP contribution is -2.43. The number of carbonyl (C=O) groups is 3. The normalized spacial score (nSPS) is 22.1. The highest BCUT2D eigenvalue weighted by Crippen LogP contribution is 2.49. The van der Waals surface area contributed by atoms with E-state index >= 15 is 0 Å². The van der Waals surface area contributed by atoms with Crippen LogP contribution in [0.3, 0.4) is 0 Å². The highest BCUT2D eigenvalue weighted by atomic mass is 16.3. The molecule has 2 aliphatic rings. The number of aliphatic hydroxyl groups excluding tert-OH is 2. The number of phenols is 1. The number of aromatic hydroxyl groups is 1. The lowest BCUT2D eigenvalue weighted by Gasteiger charge is -2.39. The predicted molar refractivity (Wildman–Crippen MR) is 125 cm³/mol. The van der Waals surface area contributed by atoms with Crippen LogP contribution in [0.1, 0.15) is 71.6 Å². The molecule has 0 aliphatic heterocycles. The number of fused-ring (bicyclic) bond motifs is 2. The molecule has 0 saturated heterocycles. The Kier molecular flexibility index (Phi) is 8.37. The number of rotatable bonds is 8. The van der Waals surface area contributed by atoms with Crippen molar-refractivity contribution in [3.05, 3.63) is 33.9 Å². The van der Waals surface area contributed by atoms with Crippen LogP contribution in [-0.4, -0.2) is 44.8 Å². The molecular weight excluding hydrogens is 412 g/mol. The molecular formula is C25H38O7. The highest BCUT2D eigenvalue weighted by molar-refractivity contribution is 6.17. The predicted octanol–water partition coefficient (Wildman–Crippen LogP) is 3.15. The Hall–Kier alpha value is -2.51. The Morgan fingerprint density at radius 2 is 1.88 bits per heavy atom. The van der Waals surface area contributed by atoms with E-state index in [1.165, 1.54) is 6.92 Å². The second-order valence-corrected chi connectivity index (χ2v) is 8.86. The average molecular weight is 451 g/mol. The Balaban J connectivity index is 0.00000363. The number of aliphatic hydroxyl groups is 2. The second kappa shape index (κ2) is 10.4. The number of hydrogen-bond donors (Lipinski definition) is 3. The van der Waals surface area contributed by atoms with E-state index in [1.807, 2.05) is 13.0 Å². The summed E-state index contributed by atoms with van der Waals surface area (Å²) in [4.78, 5) is 37.7. The lowest BCUT2D eigenvalue weighted by atomic mass is 9.63. The Morgan fingerprint density at radius 1 is 1.19 bits per heavy atom. The van der Waals surface area contributed by atoms with Crippen molar-refractivity contribution in [2.24, 2.45) is 17.8 Å². The Bertz CT molecular complexity index is 955. The molecule has 7 heteroatoms. The van der Waals surface area contributed by atoms with Crippen LogP contribution >= 0.6 is 0 Å². The van der Waals surface area contributed by atoms with Gasteiger partial charge in [-0.3, -0.25) is 14.4 Å². The number of phenolic OH excluding ortho intramolecular Hbond substituents is 1. The van der Waals surface area contributed by atoms with E-state index < -0.39 is 17.5 Å². The molecule has 180 valence electrons. The Morgan fingerprint density at radius 3 is 2.44 bits per heavy atom. The molecule has 5 N–H and O–H groups in total. The second-order valence-electron chi connectivity index (χ2n) is 8.86. The van der Waals surface area contributed by atoms with Crippen LogP contribution in [0.15, 0.2) is 11.6 Å². The zero-order chi connectivity index (χ0) is 22.9. The molecule has 7 nitrogen and oxygen atoms in total. The first kappa shape index (κ1) is 25.7. The highest BCUT2D eigenvalue weighted by Gasteiger charge is 2.47. The number of carbonyl (C=O) groups excluding carboxylic acids is 3. The summed E-state index contributed by atoms with van der Waals surface area (Å²) in [5.41, 5.74) is 3.17. The first-order chi connectivity index (χ1) is 14.7. The molecule has 0 radical (unpaired) electrons. The van der Waals surface area contributed by atoms with Crippen molar-refractivity contribution in [3.8, 4) is 5.75 Å². The zero-order valence-electron chi connectivity index (χ0n) is 19.0. The first-order valence-corrected chi connectivity index (χ1v) is 11.2. The molecule has 1 aromatic rings. The molecule has 0 aromatic heterocycles. The van der Waals surface area contributed by atoms with E-state index in [1.54, 1.807) is 0 Å². The summed E-state index contributed by atoms with van der Waals surface area (Å²) in [6.07, 6.45) is 3.24. The quantitative estimate of drug-likeness (QED) is 0.519. The molecule has 1 saturated carbocycles. The number of ketones is 3. The molecule has 2 aliphatic carbocycles. The van der Waals surface area contributed by atoms with Crippen LogP contribution in [0, 0.1) is 17.8 Å². The van der Waals surface area contributed by atoms with Crippen molar-refractivity contribution in [2.45, 2.75) is 65.7 Å². The number of aryl methyl sites for hydroxylation is 2. The summed E-state index contributed by atoms with van der Waals surface area (Å²) in [6.45, 7) is 5.15. The molecule has 3 unspecified atom stereocenters. The van der Waals surface area contributed by atoms with Crippen molar-refractivity contribution < 1.29 is 38.0 Å². The van der Waals surface area contributed by atoms with E-state index in [9.17, 15) is 29.7 Å². The van der Waals surface area contributed by atoms with Gasteiger partial charge < -0.3 is 20.8 Å². The smallest absolute Gasteiger partial charge is 0.173 e. The van der Waals surface area contributed by atoms with Gasteiger partial charge in [-0.2, -0.15) is 0 Å². The maximum Gasteiger partial charge on any atom is 0.173 e. The molecule has 32 heavy (non-hydrogen) atoms. The molecule has 1 fully saturated rings. The molecule has 1 aromatic carbocycles. The van der Waals surface area contributed by atoms with Gasteiger partial charge in [0.05, 0.1) is 17.9 Å². The Labute approximate surface area is 191 Å². The molecule has 0 spiro atoms. The lowest BCUT2D eigenvalue weighted by molar-refractivity contribution is -0.137. The van der Waals surface area contributed by atoms with Gasteiger partial charge >= 0.3 is 0 Å². The summed E-state index contributed by atoms with van der Waals surface area (Å²) >= 11 is 0. The van der Waals surface area contributed by atoms with Crippen LogP contribution in [0.25, 0.3) is 5.76 Å². The monoisotopic (exact) mass is 450 g/mol. The van der Waals surface area contributed by atoms with E-state index in [4.69, 9.17) is 0 Å². The number of Topliss-reactive ketones (excluding diaryl/α,β-unsaturated/α-hetero) is 3. The molecule has 3 atom stereocenters. The van der Waals surface area contributed by atoms with Gasteiger partial charge in [0, 0.05) is 15.0 Å². The van der Waals surface area contributed by atoms with E-state index in [0.717, 1.165) is 29.5 Å². The maximum atomic E-state index is 13.5. The van der Waals surface area contributed by atoms with Crippen LogP contribution in [0.4, 0.5) is 0 Å². The van der Waals surface area contributed by atoms with Crippen molar-refractivity contribution in [1.29, 1.82) is 0 Å². The van der Waals surface area contributed by atoms with Crippen molar-refractivity contribution >= 4 is 23.1 Å². The standard InChI is InChI=1S/C25H32O6.H2O.2H2/c1-4-6-15-10-14(5-2)23(29)22-18(15)12-17-11-16(7-8-26)20(19(28)9-13(3)27)24(30)21(17)25(22)31;;;/h10,16-17,20,26,29,31H,4-9,11-12H2,1-3H3;1H2;2*1H. The minimum Gasteiger partial charge on any atom is -0.507 e. The third-order valence-electron chi connectivity index (χ3n) is 6.71. The minimum atomic E-state index is -1.04. The maximum absolute atomic E-state index is 13.5. The van der Waals surface area contributed by atoms with Crippen LogP contribution in [0.5, 0.6) is 5.75 Å². The minimum absolute atomic E-state index is 0. The first-order valence-electron chi connectivity index (χ1n) is 11.2. The third-order valence-corrected chi connectivity index (χ3v) is 6.71. The van der Waals surface area contributed by atoms with Crippen LogP contribution in [-0.2, 0) is 33.6 Å². The third kappa shape index (κ3) is 4.50. The van der Waals surface area contributed by atoms with Crippen molar-refractivity contribution in [1.82, 2.24) is 0 Å². The van der Waals surface area contributed by atoms with E-state index in [0.29, 0.717) is 31.2 Å². The molecule has 0 heterocycles.